The average Bonchev–Trinajstić information content (AvgIpc) is 2.45. The number of hydrogen-bond acceptors (Lipinski definition) is 4. The first-order chi connectivity index (χ1) is 9.88. The number of halogens is 1. The molecule has 0 amide bonds. The summed E-state index contributed by atoms with van der Waals surface area (Å²) in [5, 5.41) is 0. The number of nitrogens with zero attached hydrogens (tertiary/aromatic N) is 1. The predicted molar refractivity (Wildman–Crippen MR) is 79.9 cm³/mol. The third kappa shape index (κ3) is 4.10. The molecule has 0 aliphatic heterocycles. The topological polar surface area (TPSA) is 72.6 Å². The monoisotopic (exact) mass is 316 g/mol. The highest BCUT2D eigenvalue weighted by Crippen LogP contribution is 2.22. The van der Waals surface area contributed by atoms with Gasteiger partial charge in [-0.25, -0.2) is 12.8 Å². The van der Waals surface area contributed by atoms with E-state index in [1.165, 1.54) is 36.5 Å². The van der Waals surface area contributed by atoms with Crippen LogP contribution in [0.25, 0.3) is 0 Å². The van der Waals surface area contributed by atoms with Gasteiger partial charge in [-0.2, -0.15) is 4.31 Å². The number of ether oxygens (including phenoxy) is 1. The Morgan fingerprint density at radius 1 is 1.48 bits per heavy atom. The summed E-state index contributed by atoms with van der Waals surface area (Å²) in [4.78, 5) is 0.0276. The zero-order valence-corrected chi connectivity index (χ0v) is 13.1. The highest BCUT2D eigenvalue weighted by molar-refractivity contribution is 7.89. The number of aryl methyl sites for hydroxylation is 1. The minimum atomic E-state index is -3.75. The summed E-state index contributed by atoms with van der Waals surface area (Å²) in [7, 11) is -2.25. The fraction of sp³-hybridized carbons (Fsp3) is 0.429. The standard InChI is InChI=1S/C14H21FN2O3S/c1-4-5-17(6-7-20-3)21(18,19)13-8-11(2)14(15)12(9-13)10-16/h4,8-9H,1,5-7,10,16H2,2-3H3. The largest absolute Gasteiger partial charge is 0.383 e. The van der Waals surface area contributed by atoms with Gasteiger partial charge >= 0.3 is 0 Å². The average molecular weight is 316 g/mol. The van der Waals surface area contributed by atoms with E-state index in [1.54, 1.807) is 0 Å². The maximum Gasteiger partial charge on any atom is 0.243 e. The molecule has 0 spiro atoms. The molecule has 0 heterocycles. The number of hydrogen-bond donors (Lipinski definition) is 1. The van der Waals surface area contributed by atoms with Crippen molar-refractivity contribution in [3.8, 4) is 0 Å². The van der Waals surface area contributed by atoms with Crippen molar-refractivity contribution < 1.29 is 17.5 Å². The van der Waals surface area contributed by atoms with Crippen LogP contribution in [0.15, 0.2) is 29.7 Å². The van der Waals surface area contributed by atoms with Gasteiger partial charge in [0.15, 0.2) is 0 Å². The molecule has 7 heteroatoms. The van der Waals surface area contributed by atoms with Crippen molar-refractivity contribution in [1.29, 1.82) is 0 Å². The lowest BCUT2D eigenvalue weighted by atomic mass is 10.1. The second-order valence-electron chi connectivity index (χ2n) is 4.56. The molecule has 0 radical (unpaired) electrons. The molecule has 0 unspecified atom stereocenters. The summed E-state index contributed by atoms with van der Waals surface area (Å²) in [6.45, 7) is 5.62. The van der Waals surface area contributed by atoms with Crippen LogP contribution in [-0.2, 0) is 21.3 Å². The highest BCUT2D eigenvalue weighted by atomic mass is 32.2. The van der Waals surface area contributed by atoms with Crippen LogP contribution in [0.3, 0.4) is 0 Å². The highest BCUT2D eigenvalue weighted by Gasteiger charge is 2.25. The molecule has 1 rings (SSSR count). The lowest BCUT2D eigenvalue weighted by molar-refractivity contribution is 0.182. The Hall–Kier alpha value is -1.28. The summed E-state index contributed by atoms with van der Waals surface area (Å²) < 4.78 is 45.2. The SMILES string of the molecule is C=CCN(CCOC)S(=O)(=O)c1cc(C)c(F)c(CN)c1. The van der Waals surface area contributed by atoms with E-state index in [0.29, 0.717) is 0 Å². The molecule has 0 saturated carbocycles. The summed E-state index contributed by atoms with van der Waals surface area (Å²) in [6, 6.07) is 2.59. The van der Waals surface area contributed by atoms with Gasteiger partial charge in [-0.05, 0) is 24.6 Å². The Morgan fingerprint density at radius 2 is 2.14 bits per heavy atom. The molecule has 1 aromatic carbocycles. The van der Waals surface area contributed by atoms with E-state index < -0.39 is 15.8 Å². The van der Waals surface area contributed by atoms with Crippen molar-refractivity contribution in [1.82, 2.24) is 4.31 Å². The second-order valence-corrected chi connectivity index (χ2v) is 6.50. The summed E-state index contributed by atoms with van der Waals surface area (Å²) in [5.41, 5.74) is 5.89. The Balaban J connectivity index is 3.27. The van der Waals surface area contributed by atoms with E-state index in [0.717, 1.165) is 0 Å². The van der Waals surface area contributed by atoms with Gasteiger partial charge in [0.1, 0.15) is 5.82 Å². The zero-order valence-electron chi connectivity index (χ0n) is 12.3. The van der Waals surface area contributed by atoms with Crippen LogP contribution in [0.1, 0.15) is 11.1 Å². The van der Waals surface area contributed by atoms with Gasteiger partial charge in [0.2, 0.25) is 10.0 Å². The van der Waals surface area contributed by atoms with Gasteiger partial charge in [0, 0.05) is 32.3 Å². The first-order valence-corrected chi connectivity index (χ1v) is 7.91. The molecule has 2 N–H and O–H groups in total. The van der Waals surface area contributed by atoms with E-state index >= 15 is 0 Å². The molecule has 0 fully saturated rings. The van der Waals surface area contributed by atoms with E-state index in [9.17, 15) is 12.8 Å². The number of sulfonamides is 1. The molecule has 0 atom stereocenters. The minimum absolute atomic E-state index is 0.0276. The van der Waals surface area contributed by atoms with Crippen molar-refractivity contribution in [2.75, 3.05) is 26.8 Å². The number of nitrogens with two attached hydrogens (primary N) is 1. The molecule has 0 aliphatic carbocycles. The van der Waals surface area contributed by atoms with Crippen LogP contribution in [0.4, 0.5) is 4.39 Å². The second kappa shape index (κ2) is 7.65. The summed E-state index contributed by atoms with van der Waals surface area (Å²) >= 11 is 0. The van der Waals surface area contributed by atoms with E-state index in [1.807, 2.05) is 0 Å². The number of methoxy groups -OCH3 is 1. The van der Waals surface area contributed by atoms with E-state index in [4.69, 9.17) is 10.5 Å². The Labute approximate surface area is 125 Å². The lowest BCUT2D eigenvalue weighted by Crippen LogP contribution is -2.34. The fourth-order valence-electron chi connectivity index (χ4n) is 1.90. The normalized spacial score (nSPS) is 11.9. The van der Waals surface area contributed by atoms with Crippen molar-refractivity contribution >= 4 is 10.0 Å². The van der Waals surface area contributed by atoms with E-state index in [-0.39, 0.29) is 42.3 Å². The fourth-order valence-corrected chi connectivity index (χ4v) is 3.43. The van der Waals surface area contributed by atoms with Gasteiger partial charge in [-0.1, -0.05) is 6.08 Å². The minimum Gasteiger partial charge on any atom is -0.383 e. The van der Waals surface area contributed by atoms with Gasteiger partial charge in [0.25, 0.3) is 0 Å². The molecule has 1 aromatic rings. The van der Waals surface area contributed by atoms with Crippen molar-refractivity contribution in [3.05, 3.63) is 41.7 Å². The van der Waals surface area contributed by atoms with Crippen LogP contribution in [0.2, 0.25) is 0 Å². The van der Waals surface area contributed by atoms with Crippen LogP contribution in [-0.4, -0.2) is 39.5 Å². The van der Waals surface area contributed by atoms with Crippen LogP contribution >= 0.6 is 0 Å². The molecular weight excluding hydrogens is 295 g/mol. The van der Waals surface area contributed by atoms with Gasteiger partial charge < -0.3 is 10.5 Å². The summed E-state index contributed by atoms with van der Waals surface area (Å²) in [5.74, 6) is -0.469. The van der Waals surface area contributed by atoms with Crippen molar-refractivity contribution in [2.24, 2.45) is 5.73 Å². The molecule has 0 aliphatic rings. The maximum atomic E-state index is 13.8. The molecule has 118 valence electrons. The smallest absolute Gasteiger partial charge is 0.243 e. The van der Waals surface area contributed by atoms with Crippen LogP contribution in [0.5, 0.6) is 0 Å². The number of benzene rings is 1. The van der Waals surface area contributed by atoms with Gasteiger partial charge in [-0.3, -0.25) is 0 Å². The van der Waals surface area contributed by atoms with E-state index in [2.05, 4.69) is 6.58 Å². The maximum absolute atomic E-state index is 13.8. The summed E-state index contributed by atoms with van der Waals surface area (Å²) in [6.07, 6.45) is 1.49. The molecule has 5 nitrogen and oxygen atoms in total. The Kier molecular flexibility index (Phi) is 6.47. The van der Waals surface area contributed by atoms with Crippen molar-refractivity contribution in [2.45, 2.75) is 18.4 Å². The molecule has 0 aromatic heterocycles. The zero-order chi connectivity index (χ0) is 16.0. The first kappa shape index (κ1) is 17.8. The molecule has 21 heavy (non-hydrogen) atoms. The quantitative estimate of drug-likeness (QED) is 0.736. The third-order valence-electron chi connectivity index (χ3n) is 3.04. The van der Waals surface area contributed by atoms with Gasteiger partial charge in [0.05, 0.1) is 11.5 Å². The third-order valence-corrected chi connectivity index (χ3v) is 4.88. The van der Waals surface area contributed by atoms with Crippen molar-refractivity contribution in [3.63, 3.8) is 0 Å². The van der Waals surface area contributed by atoms with Crippen LogP contribution < -0.4 is 5.73 Å². The Bertz CT molecular complexity index is 602. The molecule has 0 bridgehead atoms. The molecular formula is C14H21FN2O3S. The number of rotatable bonds is 8. The van der Waals surface area contributed by atoms with Crippen LogP contribution in [0, 0.1) is 12.7 Å². The van der Waals surface area contributed by atoms with Gasteiger partial charge in [-0.15, -0.1) is 6.58 Å². The first-order valence-electron chi connectivity index (χ1n) is 6.47. The molecule has 0 saturated heterocycles. The lowest BCUT2D eigenvalue weighted by Gasteiger charge is -2.21. The Morgan fingerprint density at radius 3 is 2.67 bits per heavy atom. The predicted octanol–water partition coefficient (Wildman–Crippen LogP) is 1.42.